The van der Waals surface area contributed by atoms with E-state index in [4.69, 9.17) is 4.74 Å². The van der Waals surface area contributed by atoms with E-state index in [1.54, 1.807) is 0 Å². The molecule has 0 aromatic heterocycles. The summed E-state index contributed by atoms with van der Waals surface area (Å²) in [6, 6.07) is 7.46. The first kappa shape index (κ1) is 13.4. The number of likely N-dealkylation sites (tertiary alicyclic amines) is 1. The van der Waals surface area contributed by atoms with E-state index in [1.807, 2.05) is 24.3 Å². The highest BCUT2D eigenvalue weighted by molar-refractivity contribution is 5.98. The number of fused-ring (bicyclic) bond motifs is 1. The summed E-state index contributed by atoms with van der Waals surface area (Å²) in [5.41, 5.74) is 0.280. The van der Waals surface area contributed by atoms with Gasteiger partial charge in [0.15, 0.2) is 5.72 Å². The van der Waals surface area contributed by atoms with Crippen LogP contribution in [0.25, 0.3) is 0 Å². The lowest BCUT2D eigenvalue weighted by molar-refractivity contribution is -0.0463. The van der Waals surface area contributed by atoms with Crippen LogP contribution >= 0.6 is 0 Å². The number of para-hydroxylation sites is 1. The Balaban J connectivity index is 1.79. The Bertz CT molecular complexity index is 526. The molecule has 3 rings (SSSR count). The van der Waals surface area contributed by atoms with Crippen molar-refractivity contribution in [1.82, 2.24) is 10.2 Å². The van der Waals surface area contributed by atoms with Crippen molar-refractivity contribution in [3.8, 4) is 5.75 Å². The number of nitrogens with zero attached hydrogens (tertiary/aromatic N) is 1. The highest BCUT2D eigenvalue weighted by Gasteiger charge is 2.43. The summed E-state index contributed by atoms with van der Waals surface area (Å²) in [6.45, 7) is 8.54. The third-order valence-electron chi connectivity index (χ3n) is 4.30. The van der Waals surface area contributed by atoms with Crippen molar-refractivity contribution in [3.63, 3.8) is 0 Å². The monoisotopic (exact) mass is 274 g/mol. The molecule has 1 saturated heterocycles. The van der Waals surface area contributed by atoms with E-state index in [0.717, 1.165) is 25.9 Å². The van der Waals surface area contributed by atoms with Gasteiger partial charge in [0.1, 0.15) is 5.75 Å². The lowest BCUT2D eigenvalue weighted by atomic mass is 9.93. The Morgan fingerprint density at radius 3 is 2.50 bits per heavy atom. The van der Waals surface area contributed by atoms with Gasteiger partial charge in [0, 0.05) is 31.5 Å². The van der Waals surface area contributed by atoms with Gasteiger partial charge in [0.05, 0.1) is 5.56 Å². The number of hydrogen-bond acceptors (Lipinski definition) is 3. The molecule has 0 radical (unpaired) electrons. The van der Waals surface area contributed by atoms with Crippen molar-refractivity contribution >= 4 is 5.91 Å². The number of rotatable bonds is 0. The average molecular weight is 274 g/mol. The first-order valence-corrected chi connectivity index (χ1v) is 7.25. The smallest absolute Gasteiger partial charge is 0.258 e. The van der Waals surface area contributed by atoms with Crippen LogP contribution in [-0.4, -0.2) is 35.2 Å². The maximum absolute atomic E-state index is 12.2. The fraction of sp³-hybridized carbons (Fsp3) is 0.562. The van der Waals surface area contributed by atoms with Crippen molar-refractivity contribution in [2.75, 3.05) is 13.1 Å². The van der Waals surface area contributed by atoms with Crippen molar-refractivity contribution < 1.29 is 9.53 Å². The molecule has 1 aromatic carbocycles. The van der Waals surface area contributed by atoms with E-state index in [2.05, 4.69) is 31.0 Å². The zero-order chi connectivity index (χ0) is 14.4. The predicted octanol–water partition coefficient (Wildman–Crippen LogP) is 2.40. The SMILES string of the molecule is CC(C)(C)N1CCC2(CC1)NC(=O)c1ccccc1O2. The maximum atomic E-state index is 12.2. The van der Waals surface area contributed by atoms with Crippen molar-refractivity contribution in [2.45, 2.75) is 44.9 Å². The van der Waals surface area contributed by atoms with Crippen LogP contribution in [0.4, 0.5) is 0 Å². The van der Waals surface area contributed by atoms with Crippen LogP contribution in [0.2, 0.25) is 0 Å². The minimum atomic E-state index is -0.521. The Kier molecular flexibility index (Phi) is 3.01. The number of carbonyl (C=O) groups is 1. The first-order valence-electron chi connectivity index (χ1n) is 7.25. The van der Waals surface area contributed by atoms with Gasteiger partial charge >= 0.3 is 0 Å². The first-order chi connectivity index (χ1) is 9.40. The van der Waals surface area contributed by atoms with E-state index in [9.17, 15) is 4.79 Å². The van der Waals surface area contributed by atoms with Gasteiger partial charge in [-0.25, -0.2) is 0 Å². The molecule has 1 aromatic rings. The van der Waals surface area contributed by atoms with E-state index in [0.29, 0.717) is 11.3 Å². The summed E-state index contributed by atoms with van der Waals surface area (Å²) >= 11 is 0. The summed E-state index contributed by atoms with van der Waals surface area (Å²) in [5, 5.41) is 3.07. The van der Waals surface area contributed by atoms with E-state index in [-0.39, 0.29) is 11.4 Å². The Labute approximate surface area is 120 Å². The molecule has 2 aliphatic rings. The maximum Gasteiger partial charge on any atom is 0.258 e. The normalized spacial score (nSPS) is 22.1. The number of nitrogens with one attached hydrogen (secondary N) is 1. The van der Waals surface area contributed by atoms with Gasteiger partial charge in [-0.2, -0.15) is 0 Å². The number of hydrogen-bond donors (Lipinski definition) is 1. The predicted molar refractivity (Wildman–Crippen MR) is 77.8 cm³/mol. The second kappa shape index (κ2) is 4.48. The van der Waals surface area contributed by atoms with Crippen LogP contribution in [0.5, 0.6) is 5.75 Å². The Morgan fingerprint density at radius 2 is 1.85 bits per heavy atom. The number of ether oxygens (including phenoxy) is 1. The molecule has 0 atom stereocenters. The second-order valence-electron chi connectivity index (χ2n) is 6.70. The molecule has 1 N–H and O–H groups in total. The lowest BCUT2D eigenvalue weighted by Gasteiger charge is -2.48. The quantitative estimate of drug-likeness (QED) is 0.790. The number of carbonyl (C=O) groups excluding carboxylic acids is 1. The standard InChI is InChI=1S/C16H22N2O2/c1-15(2,3)18-10-8-16(9-11-18)17-14(19)12-6-4-5-7-13(12)20-16/h4-7H,8-11H2,1-3H3,(H,17,19). The summed E-state index contributed by atoms with van der Waals surface area (Å²) < 4.78 is 6.13. The van der Waals surface area contributed by atoms with Gasteiger partial charge in [-0.05, 0) is 32.9 Å². The van der Waals surface area contributed by atoms with E-state index in [1.165, 1.54) is 0 Å². The number of piperidine rings is 1. The average Bonchev–Trinajstić information content (AvgIpc) is 2.38. The zero-order valence-corrected chi connectivity index (χ0v) is 12.4. The molecule has 2 heterocycles. The Hall–Kier alpha value is -1.55. The van der Waals surface area contributed by atoms with Crippen molar-refractivity contribution in [3.05, 3.63) is 29.8 Å². The fourth-order valence-electron chi connectivity index (χ4n) is 3.02. The van der Waals surface area contributed by atoms with Crippen molar-refractivity contribution in [1.29, 1.82) is 0 Å². The van der Waals surface area contributed by atoms with Crippen LogP contribution < -0.4 is 10.1 Å². The molecular formula is C16H22N2O2. The third kappa shape index (κ3) is 2.29. The largest absolute Gasteiger partial charge is 0.467 e. The van der Waals surface area contributed by atoms with E-state index < -0.39 is 5.72 Å². The van der Waals surface area contributed by atoms with Gasteiger partial charge in [-0.1, -0.05) is 12.1 Å². The molecule has 1 fully saturated rings. The van der Waals surface area contributed by atoms with Crippen molar-refractivity contribution in [2.24, 2.45) is 0 Å². The molecule has 4 nitrogen and oxygen atoms in total. The van der Waals surface area contributed by atoms with Crippen LogP contribution in [-0.2, 0) is 0 Å². The van der Waals surface area contributed by atoms with Crippen LogP contribution in [0.3, 0.4) is 0 Å². The molecule has 0 aliphatic carbocycles. The van der Waals surface area contributed by atoms with Gasteiger partial charge in [-0.3, -0.25) is 9.69 Å². The molecule has 2 aliphatic heterocycles. The molecule has 108 valence electrons. The van der Waals surface area contributed by atoms with Gasteiger partial charge in [0.2, 0.25) is 0 Å². The molecule has 0 saturated carbocycles. The summed E-state index contributed by atoms with van der Waals surface area (Å²) in [7, 11) is 0. The Morgan fingerprint density at radius 1 is 1.20 bits per heavy atom. The van der Waals surface area contributed by atoms with Gasteiger partial charge in [-0.15, -0.1) is 0 Å². The molecule has 1 amide bonds. The zero-order valence-electron chi connectivity index (χ0n) is 12.4. The second-order valence-corrected chi connectivity index (χ2v) is 6.70. The minimum Gasteiger partial charge on any atom is -0.467 e. The van der Waals surface area contributed by atoms with Gasteiger partial charge in [0.25, 0.3) is 5.91 Å². The summed E-state index contributed by atoms with van der Waals surface area (Å²) in [5.74, 6) is 0.691. The fourth-order valence-corrected chi connectivity index (χ4v) is 3.02. The highest BCUT2D eigenvalue weighted by Crippen LogP contribution is 2.34. The van der Waals surface area contributed by atoms with Gasteiger partial charge < -0.3 is 10.1 Å². The lowest BCUT2D eigenvalue weighted by Crippen LogP contribution is -2.62. The summed E-state index contributed by atoms with van der Waals surface area (Å²) in [6.07, 6.45) is 1.65. The topological polar surface area (TPSA) is 41.6 Å². The number of benzene rings is 1. The minimum absolute atomic E-state index is 0.0175. The molecule has 1 spiro atoms. The molecule has 0 bridgehead atoms. The number of amides is 1. The van der Waals surface area contributed by atoms with E-state index >= 15 is 0 Å². The molecular weight excluding hydrogens is 252 g/mol. The highest BCUT2D eigenvalue weighted by atomic mass is 16.5. The third-order valence-corrected chi connectivity index (χ3v) is 4.30. The molecule has 0 unspecified atom stereocenters. The molecule has 4 heteroatoms. The summed E-state index contributed by atoms with van der Waals surface area (Å²) in [4.78, 5) is 14.7. The van der Waals surface area contributed by atoms with Crippen LogP contribution in [0.15, 0.2) is 24.3 Å². The van der Waals surface area contributed by atoms with Crippen LogP contribution in [0.1, 0.15) is 44.0 Å². The van der Waals surface area contributed by atoms with Crippen LogP contribution in [0, 0.1) is 0 Å². The molecule has 20 heavy (non-hydrogen) atoms.